The lowest BCUT2D eigenvalue weighted by molar-refractivity contribution is 0.0419. The minimum Gasteiger partial charge on any atom is -0.394 e. The largest absolute Gasteiger partial charge is 0.394 e. The number of aromatic nitrogens is 2. The number of hydrogen-bond acceptors (Lipinski definition) is 4. The summed E-state index contributed by atoms with van der Waals surface area (Å²) in [7, 11) is 0. The normalized spacial score (nSPS) is 16.6. The average Bonchev–Trinajstić information content (AvgIpc) is 3.02. The SMILES string of the molecule is Cc1c(C(=O)N[C@H](CO)C2CCOCC2)cnn1-c1ccccc1F. The first kappa shape index (κ1) is 17.6. The molecule has 134 valence electrons. The van der Waals surface area contributed by atoms with Gasteiger partial charge in [-0.3, -0.25) is 4.79 Å². The van der Waals surface area contributed by atoms with Crippen molar-refractivity contribution < 1.29 is 19.0 Å². The highest BCUT2D eigenvalue weighted by Gasteiger charge is 2.26. The molecule has 0 radical (unpaired) electrons. The first-order chi connectivity index (χ1) is 12.1. The van der Waals surface area contributed by atoms with Gasteiger partial charge in [0.1, 0.15) is 11.5 Å². The Morgan fingerprint density at radius 2 is 2.16 bits per heavy atom. The summed E-state index contributed by atoms with van der Waals surface area (Å²) in [6.45, 7) is 2.87. The van der Waals surface area contributed by atoms with E-state index in [1.54, 1.807) is 25.1 Å². The van der Waals surface area contributed by atoms with Crippen molar-refractivity contribution in [3.05, 3.63) is 47.5 Å². The maximum Gasteiger partial charge on any atom is 0.255 e. The number of para-hydroxylation sites is 1. The van der Waals surface area contributed by atoms with Gasteiger partial charge in [0.25, 0.3) is 5.91 Å². The summed E-state index contributed by atoms with van der Waals surface area (Å²) < 4.78 is 20.7. The number of aliphatic hydroxyl groups is 1. The van der Waals surface area contributed by atoms with E-state index in [-0.39, 0.29) is 24.5 Å². The molecule has 6 nitrogen and oxygen atoms in total. The van der Waals surface area contributed by atoms with Crippen LogP contribution < -0.4 is 5.32 Å². The number of ether oxygens (including phenoxy) is 1. The third-order valence-electron chi connectivity index (χ3n) is 4.68. The Morgan fingerprint density at radius 3 is 2.84 bits per heavy atom. The predicted octanol–water partition coefficient (Wildman–Crippen LogP) is 1.84. The van der Waals surface area contributed by atoms with Crippen LogP contribution in [0.1, 0.15) is 28.9 Å². The van der Waals surface area contributed by atoms with Crippen LogP contribution in [-0.2, 0) is 4.74 Å². The highest BCUT2D eigenvalue weighted by molar-refractivity contribution is 5.95. The number of carbonyl (C=O) groups is 1. The lowest BCUT2D eigenvalue weighted by Crippen LogP contribution is -2.44. The summed E-state index contributed by atoms with van der Waals surface area (Å²) >= 11 is 0. The van der Waals surface area contributed by atoms with Gasteiger partial charge in [0.15, 0.2) is 0 Å². The summed E-state index contributed by atoms with van der Waals surface area (Å²) in [5.74, 6) is -0.536. The van der Waals surface area contributed by atoms with Gasteiger partial charge in [-0.2, -0.15) is 5.10 Å². The fourth-order valence-corrected chi connectivity index (χ4v) is 3.18. The van der Waals surface area contributed by atoms with Gasteiger partial charge in [-0.1, -0.05) is 12.1 Å². The zero-order chi connectivity index (χ0) is 17.8. The highest BCUT2D eigenvalue weighted by atomic mass is 19.1. The molecule has 1 saturated heterocycles. The molecule has 1 aliphatic rings. The Balaban J connectivity index is 1.77. The molecule has 1 fully saturated rings. The van der Waals surface area contributed by atoms with E-state index in [4.69, 9.17) is 4.74 Å². The van der Waals surface area contributed by atoms with Gasteiger partial charge in [-0.05, 0) is 37.8 Å². The first-order valence-corrected chi connectivity index (χ1v) is 8.40. The standard InChI is InChI=1S/C18H22FN3O3/c1-12-14(10-20-22(12)17-5-3-2-4-15(17)19)18(24)21-16(11-23)13-6-8-25-9-7-13/h2-5,10,13,16,23H,6-9,11H2,1H3,(H,21,24)/t16-/m1/s1. The van der Waals surface area contributed by atoms with Crippen LogP contribution in [0.15, 0.2) is 30.5 Å². The van der Waals surface area contributed by atoms with E-state index < -0.39 is 5.82 Å². The van der Waals surface area contributed by atoms with E-state index in [1.807, 2.05) is 0 Å². The molecule has 2 heterocycles. The molecule has 3 rings (SSSR count). The van der Waals surface area contributed by atoms with Gasteiger partial charge in [-0.25, -0.2) is 9.07 Å². The average molecular weight is 347 g/mol. The molecule has 25 heavy (non-hydrogen) atoms. The molecule has 2 N–H and O–H groups in total. The van der Waals surface area contributed by atoms with Gasteiger partial charge >= 0.3 is 0 Å². The van der Waals surface area contributed by atoms with Gasteiger partial charge in [-0.15, -0.1) is 0 Å². The molecule has 1 atom stereocenters. The minimum absolute atomic E-state index is 0.128. The summed E-state index contributed by atoms with van der Waals surface area (Å²) in [6.07, 6.45) is 3.04. The van der Waals surface area contributed by atoms with Crippen LogP contribution in [0.3, 0.4) is 0 Å². The number of aliphatic hydroxyl groups excluding tert-OH is 1. The Bertz CT molecular complexity index is 741. The minimum atomic E-state index is -0.406. The Kier molecular flexibility index (Phi) is 5.45. The summed E-state index contributed by atoms with van der Waals surface area (Å²) in [5, 5.41) is 16.7. The number of amides is 1. The molecule has 0 aliphatic carbocycles. The van der Waals surface area contributed by atoms with Gasteiger partial charge in [0.05, 0.1) is 30.1 Å². The Labute approximate surface area is 145 Å². The topological polar surface area (TPSA) is 76.4 Å². The molecule has 2 aromatic rings. The molecule has 1 aromatic heterocycles. The van der Waals surface area contributed by atoms with Crippen molar-refractivity contribution in [3.8, 4) is 5.69 Å². The second-order valence-electron chi connectivity index (χ2n) is 6.22. The van der Waals surface area contributed by atoms with Crippen molar-refractivity contribution in [2.24, 2.45) is 5.92 Å². The molecule has 0 saturated carbocycles. The molecule has 7 heteroatoms. The van der Waals surface area contributed by atoms with Crippen molar-refractivity contribution in [2.45, 2.75) is 25.8 Å². The zero-order valence-electron chi connectivity index (χ0n) is 14.1. The van der Waals surface area contributed by atoms with E-state index in [1.165, 1.54) is 16.9 Å². The lowest BCUT2D eigenvalue weighted by Gasteiger charge is -2.29. The number of nitrogens with one attached hydrogen (secondary N) is 1. The Hall–Kier alpha value is -2.25. The number of hydrogen-bond donors (Lipinski definition) is 2. The summed E-state index contributed by atoms with van der Waals surface area (Å²) in [6, 6.07) is 5.95. The quantitative estimate of drug-likeness (QED) is 0.865. The van der Waals surface area contributed by atoms with E-state index in [0.29, 0.717) is 30.2 Å². The lowest BCUT2D eigenvalue weighted by atomic mass is 9.92. The Morgan fingerprint density at radius 1 is 1.44 bits per heavy atom. The molecule has 1 aromatic carbocycles. The number of halogens is 1. The van der Waals surface area contributed by atoms with E-state index >= 15 is 0 Å². The second-order valence-corrected chi connectivity index (χ2v) is 6.22. The molecule has 1 amide bonds. The third-order valence-corrected chi connectivity index (χ3v) is 4.68. The number of nitrogens with zero attached hydrogens (tertiary/aromatic N) is 2. The summed E-state index contributed by atoms with van der Waals surface area (Å²) in [5.41, 5.74) is 1.21. The maximum absolute atomic E-state index is 14.0. The van der Waals surface area contributed by atoms with E-state index in [2.05, 4.69) is 10.4 Å². The van der Waals surface area contributed by atoms with Crippen LogP contribution in [0, 0.1) is 18.7 Å². The molecular weight excluding hydrogens is 325 g/mol. The molecule has 0 bridgehead atoms. The van der Waals surface area contributed by atoms with E-state index in [0.717, 1.165) is 12.8 Å². The van der Waals surface area contributed by atoms with Crippen molar-refractivity contribution in [3.63, 3.8) is 0 Å². The number of benzene rings is 1. The highest BCUT2D eigenvalue weighted by Crippen LogP contribution is 2.20. The number of rotatable bonds is 5. The van der Waals surface area contributed by atoms with Gasteiger partial charge < -0.3 is 15.2 Å². The van der Waals surface area contributed by atoms with Gasteiger partial charge in [0, 0.05) is 13.2 Å². The van der Waals surface area contributed by atoms with E-state index in [9.17, 15) is 14.3 Å². The predicted molar refractivity (Wildman–Crippen MR) is 90.1 cm³/mol. The van der Waals surface area contributed by atoms with Crippen LogP contribution in [0.4, 0.5) is 4.39 Å². The van der Waals surface area contributed by atoms with Crippen molar-refractivity contribution in [1.29, 1.82) is 0 Å². The fourth-order valence-electron chi connectivity index (χ4n) is 3.18. The van der Waals surface area contributed by atoms with Gasteiger partial charge in [0.2, 0.25) is 0 Å². The van der Waals surface area contributed by atoms with Crippen LogP contribution >= 0.6 is 0 Å². The van der Waals surface area contributed by atoms with Crippen LogP contribution in [0.25, 0.3) is 5.69 Å². The zero-order valence-corrected chi connectivity index (χ0v) is 14.1. The molecule has 0 spiro atoms. The fraction of sp³-hybridized carbons (Fsp3) is 0.444. The monoisotopic (exact) mass is 347 g/mol. The van der Waals surface area contributed by atoms with Crippen molar-refractivity contribution in [2.75, 3.05) is 19.8 Å². The van der Waals surface area contributed by atoms with Crippen molar-refractivity contribution >= 4 is 5.91 Å². The molecule has 0 unspecified atom stereocenters. The summed E-state index contributed by atoms with van der Waals surface area (Å²) in [4.78, 5) is 12.6. The van der Waals surface area contributed by atoms with Crippen LogP contribution in [-0.4, -0.2) is 46.7 Å². The molecular formula is C18H22FN3O3. The third kappa shape index (κ3) is 3.72. The number of carbonyl (C=O) groups excluding carboxylic acids is 1. The smallest absolute Gasteiger partial charge is 0.255 e. The molecule has 1 aliphatic heterocycles. The van der Waals surface area contributed by atoms with Crippen LogP contribution in [0.2, 0.25) is 0 Å². The maximum atomic E-state index is 14.0. The second kappa shape index (κ2) is 7.76. The first-order valence-electron chi connectivity index (χ1n) is 8.40. The van der Waals surface area contributed by atoms with Crippen LogP contribution in [0.5, 0.6) is 0 Å². The van der Waals surface area contributed by atoms with Crippen molar-refractivity contribution in [1.82, 2.24) is 15.1 Å².